The van der Waals surface area contributed by atoms with Gasteiger partial charge >= 0.3 is 0 Å². The maximum atomic E-state index is 5.93. The van der Waals surface area contributed by atoms with E-state index in [4.69, 9.17) is 4.74 Å². The van der Waals surface area contributed by atoms with E-state index in [-0.39, 0.29) is 0 Å². The van der Waals surface area contributed by atoms with Crippen LogP contribution in [0, 0.1) is 6.92 Å². The highest BCUT2D eigenvalue weighted by Gasteiger charge is 2.14. The van der Waals surface area contributed by atoms with Crippen molar-refractivity contribution in [3.05, 3.63) is 40.4 Å². The highest BCUT2D eigenvalue weighted by Crippen LogP contribution is 2.24. The molecule has 1 aromatic carbocycles. The van der Waals surface area contributed by atoms with Crippen LogP contribution in [-0.4, -0.2) is 35.8 Å². The van der Waals surface area contributed by atoms with E-state index in [1.165, 1.54) is 31.5 Å². The summed E-state index contributed by atoms with van der Waals surface area (Å²) in [6.07, 6.45) is 5.45. The van der Waals surface area contributed by atoms with Crippen LogP contribution in [0.2, 0.25) is 0 Å². The predicted octanol–water partition coefficient (Wildman–Crippen LogP) is 4.28. The minimum absolute atomic E-state index is 0.755. The number of aromatic nitrogens is 1. The molecule has 0 atom stereocenters. The number of ether oxygens (including phenoxy) is 1. The molecule has 0 radical (unpaired) electrons. The lowest BCUT2D eigenvalue weighted by molar-refractivity contribution is 0.293. The van der Waals surface area contributed by atoms with Crippen molar-refractivity contribution in [2.24, 2.45) is 5.10 Å². The first-order chi connectivity index (χ1) is 12.2. The number of hydrogen-bond donors (Lipinski definition) is 1. The van der Waals surface area contributed by atoms with Crippen molar-refractivity contribution in [2.75, 3.05) is 25.1 Å². The standard InChI is InChI=1S/C19H26N4OS/c1-3-10-24-18-7-6-16(11-17(18)13-23-8-4-5-9-23)12-20-22-19-21-15(2)14-25-19/h6-7,11-12,14H,3-5,8-10,13H2,1-2H3,(H,21,22). The first-order valence-electron chi connectivity index (χ1n) is 8.94. The zero-order chi connectivity index (χ0) is 17.5. The molecule has 0 amide bonds. The molecule has 0 saturated carbocycles. The minimum Gasteiger partial charge on any atom is -0.493 e. The minimum atomic E-state index is 0.755. The molecule has 5 nitrogen and oxygen atoms in total. The van der Waals surface area contributed by atoms with Gasteiger partial charge in [-0.05, 0) is 63.0 Å². The van der Waals surface area contributed by atoms with Crippen LogP contribution in [0.1, 0.15) is 43.0 Å². The number of nitrogens with one attached hydrogen (secondary N) is 1. The molecule has 1 saturated heterocycles. The van der Waals surface area contributed by atoms with Crippen molar-refractivity contribution in [1.29, 1.82) is 0 Å². The summed E-state index contributed by atoms with van der Waals surface area (Å²) in [5, 5.41) is 7.13. The summed E-state index contributed by atoms with van der Waals surface area (Å²) in [6.45, 7) is 8.16. The number of nitrogens with zero attached hydrogens (tertiary/aromatic N) is 3. The van der Waals surface area contributed by atoms with Crippen LogP contribution in [-0.2, 0) is 6.54 Å². The van der Waals surface area contributed by atoms with Gasteiger partial charge in [0.1, 0.15) is 5.75 Å². The van der Waals surface area contributed by atoms with Crippen LogP contribution in [0.15, 0.2) is 28.7 Å². The predicted molar refractivity (Wildman–Crippen MR) is 105 cm³/mol. The molecular formula is C19H26N4OS. The van der Waals surface area contributed by atoms with Gasteiger partial charge in [-0.15, -0.1) is 11.3 Å². The van der Waals surface area contributed by atoms with Gasteiger partial charge in [0.15, 0.2) is 0 Å². The topological polar surface area (TPSA) is 49.8 Å². The van der Waals surface area contributed by atoms with E-state index >= 15 is 0 Å². The lowest BCUT2D eigenvalue weighted by Gasteiger charge is -2.18. The summed E-state index contributed by atoms with van der Waals surface area (Å²) in [5.74, 6) is 0.995. The van der Waals surface area contributed by atoms with E-state index in [0.717, 1.165) is 41.7 Å². The maximum Gasteiger partial charge on any atom is 0.203 e. The lowest BCUT2D eigenvalue weighted by Crippen LogP contribution is -2.19. The van der Waals surface area contributed by atoms with Gasteiger partial charge in [0.2, 0.25) is 5.13 Å². The Balaban J connectivity index is 1.70. The molecule has 25 heavy (non-hydrogen) atoms. The van der Waals surface area contributed by atoms with Gasteiger partial charge < -0.3 is 4.74 Å². The average Bonchev–Trinajstić information content (AvgIpc) is 3.26. The Morgan fingerprint density at radius 2 is 2.20 bits per heavy atom. The third-order valence-corrected chi connectivity index (χ3v) is 5.00. The van der Waals surface area contributed by atoms with Crippen LogP contribution in [0.5, 0.6) is 5.75 Å². The molecule has 1 aliphatic rings. The fourth-order valence-electron chi connectivity index (χ4n) is 2.91. The first kappa shape index (κ1) is 17.9. The third kappa shape index (κ3) is 5.28. The van der Waals surface area contributed by atoms with Gasteiger partial charge in [0.05, 0.1) is 18.5 Å². The van der Waals surface area contributed by atoms with Gasteiger partial charge in [0, 0.05) is 17.5 Å². The van der Waals surface area contributed by atoms with Crippen LogP contribution < -0.4 is 10.2 Å². The van der Waals surface area contributed by atoms with Gasteiger partial charge in [-0.2, -0.15) is 5.10 Å². The van der Waals surface area contributed by atoms with Gasteiger partial charge in [0.25, 0.3) is 0 Å². The molecule has 6 heteroatoms. The van der Waals surface area contributed by atoms with E-state index in [0.29, 0.717) is 0 Å². The summed E-state index contributed by atoms with van der Waals surface area (Å²) in [7, 11) is 0. The number of hydrogen-bond acceptors (Lipinski definition) is 6. The number of benzene rings is 1. The van der Waals surface area contributed by atoms with Crippen LogP contribution in [0.25, 0.3) is 0 Å². The molecule has 0 unspecified atom stereocenters. The highest BCUT2D eigenvalue weighted by atomic mass is 32.1. The molecule has 3 rings (SSSR count). The van der Waals surface area contributed by atoms with E-state index in [1.807, 2.05) is 18.5 Å². The van der Waals surface area contributed by atoms with Crippen molar-refractivity contribution in [3.8, 4) is 5.75 Å². The molecular weight excluding hydrogens is 332 g/mol. The van der Waals surface area contributed by atoms with E-state index in [1.54, 1.807) is 11.3 Å². The number of hydrazone groups is 1. The number of aryl methyl sites for hydroxylation is 1. The molecule has 2 heterocycles. The summed E-state index contributed by atoms with van der Waals surface area (Å²) in [6, 6.07) is 6.30. The van der Waals surface area contributed by atoms with Crippen molar-refractivity contribution in [2.45, 2.75) is 39.7 Å². The smallest absolute Gasteiger partial charge is 0.203 e. The zero-order valence-corrected chi connectivity index (χ0v) is 15.8. The molecule has 1 N–H and O–H groups in total. The van der Waals surface area contributed by atoms with Gasteiger partial charge in [-0.1, -0.05) is 6.92 Å². The highest BCUT2D eigenvalue weighted by molar-refractivity contribution is 7.13. The second-order valence-corrected chi connectivity index (χ2v) is 7.22. The second kappa shape index (κ2) is 8.97. The van der Waals surface area contributed by atoms with E-state index in [2.05, 4.69) is 45.5 Å². The first-order valence-corrected chi connectivity index (χ1v) is 9.82. The Morgan fingerprint density at radius 3 is 2.92 bits per heavy atom. The third-order valence-electron chi connectivity index (χ3n) is 4.13. The van der Waals surface area contributed by atoms with E-state index < -0.39 is 0 Å². The van der Waals surface area contributed by atoms with Crippen molar-refractivity contribution >= 4 is 22.7 Å². The van der Waals surface area contributed by atoms with Crippen LogP contribution >= 0.6 is 11.3 Å². The Hall–Kier alpha value is -1.92. The van der Waals surface area contributed by atoms with E-state index in [9.17, 15) is 0 Å². The van der Waals surface area contributed by atoms with Crippen molar-refractivity contribution in [3.63, 3.8) is 0 Å². The lowest BCUT2D eigenvalue weighted by atomic mass is 10.1. The van der Waals surface area contributed by atoms with Crippen molar-refractivity contribution < 1.29 is 4.74 Å². The molecule has 134 valence electrons. The molecule has 0 spiro atoms. The fraction of sp³-hybridized carbons (Fsp3) is 0.474. The second-order valence-electron chi connectivity index (χ2n) is 6.36. The molecule has 0 bridgehead atoms. The Morgan fingerprint density at radius 1 is 1.36 bits per heavy atom. The van der Waals surface area contributed by atoms with Gasteiger partial charge in [-0.25, -0.2) is 4.98 Å². The summed E-state index contributed by atoms with van der Waals surface area (Å²) in [4.78, 5) is 6.83. The Bertz CT molecular complexity index is 707. The molecule has 1 aliphatic heterocycles. The average molecular weight is 359 g/mol. The summed E-state index contributed by atoms with van der Waals surface area (Å²) in [5.41, 5.74) is 6.31. The number of rotatable bonds is 8. The number of anilines is 1. The SMILES string of the molecule is CCCOc1ccc(C=NNc2nc(C)cs2)cc1CN1CCCC1. The van der Waals surface area contributed by atoms with Gasteiger partial charge in [-0.3, -0.25) is 10.3 Å². The normalized spacial score (nSPS) is 15.1. The number of likely N-dealkylation sites (tertiary alicyclic amines) is 1. The summed E-state index contributed by atoms with van der Waals surface area (Å²) >= 11 is 1.56. The quantitative estimate of drug-likeness (QED) is 0.565. The Labute approximate surface area is 153 Å². The maximum absolute atomic E-state index is 5.93. The largest absolute Gasteiger partial charge is 0.493 e. The monoisotopic (exact) mass is 358 g/mol. The molecule has 1 fully saturated rings. The number of thiazole rings is 1. The molecule has 1 aromatic heterocycles. The summed E-state index contributed by atoms with van der Waals surface area (Å²) < 4.78 is 5.93. The van der Waals surface area contributed by atoms with Crippen molar-refractivity contribution in [1.82, 2.24) is 9.88 Å². The Kier molecular flexibility index (Phi) is 6.42. The van der Waals surface area contributed by atoms with Crippen LogP contribution in [0.4, 0.5) is 5.13 Å². The van der Waals surface area contributed by atoms with Crippen LogP contribution in [0.3, 0.4) is 0 Å². The molecule has 0 aliphatic carbocycles. The fourth-order valence-corrected chi connectivity index (χ4v) is 3.54. The molecule has 2 aromatic rings. The zero-order valence-electron chi connectivity index (χ0n) is 15.0.